The number of ether oxygens (including phenoxy) is 1. The average molecular weight is 515 g/mol. The van der Waals surface area contributed by atoms with E-state index in [1.54, 1.807) is 11.8 Å². The summed E-state index contributed by atoms with van der Waals surface area (Å²) in [6.45, 7) is 8.31. The summed E-state index contributed by atoms with van der Waals surface area (Å²) in [5.74, 6) is 0.700. The van der Waals surface area contributed by atoms with Crippen LogP contribution in [0.3, 0.4) is 0 Å². The van der Waals surface area contributed by atoms with Gasteiger partial charge >= 0.3 is 0 Å². The van der Waals surface area contributed by atoms with Gasteiger partial charge in [0.25, 0.3) is 5.91 Å². The topological polar surface area (TPSA) is 58.6 Å². The summed E-state index contributed by atoms with van der Waals surface area (Å²) in [4.78, 5) is 27.9. The lowest BCUT2D eigenvalue weighted by Gasteiger charge is -2.30. The minimum Gasteiger partial charge on any atom is -0.483 e. The fourth-order valence-corrected chi connectivity index (χ4v) is 4.67. The molecule has 5 nitrogen and oxygen atoms in total. The highest BCUT2D eigenvalue weighted by atomic mass is 79.9. The third-order valence-electron chi connectivity index (χ3n) is 6.44. The monoisotopic (exact) mass is 514 g/mol. The van der Waals surface area contributed by atoms with E-state index in [-0.39, 0.29) is 24.5 Å². The van der Waals surface area contributed by atoms with Crippen molar-refractivity contribution >= 4 is 27.7 Å². The highest BCUT2D eigenvalue weighted by Crippen LogP contribution is 2.29. The zero-order chi connectivity index (χ0) is 24.0. The van der Waals surface area contributed by atoms with E-state index < -0.39 is 6.04 Å². The molecule has 0 heterocycles. The van der Waals surface area contributed by atoms with Gasteiger partial charge in [0.05, 0.1) is 4.47 Å². The van der Waals surface area contributed by atoms with E-state index in [2.05, 4.69) is 35.1 Å². The number of carbonyl (C=O) groups is 2. The first-order valence-electron chi connectivity index (χ1n) is 11.8. The first-order valence-corrected chi connectivity index (χ1v) is 12.6. The fraction of sp³-hybridized carbons (Fsp3) is 0.481. The van der Waals surface area contributed by atoms with Crippen molar-refractivity contribution in [3.8, 4) is 5.75 Å². The largest absolute Gasteiger partial charge is 0.483 e. The second-order valence-corrected chi connectivity index (χ2v) is 10.1. The van der Waals surface area contributed by atoms with Gasteiger partial charge in [-0.3, -0.25) is 9.59 Å². The fourth-order valence-electron chi connectivity index (χ4n) is 4.16. The molecule has 33 heavy (non-hydrogen) atoms. The molecule has 1 fully saturated rings. The summed E-state index contributed by atoms with van der Waals surface area (Å²) in [5, 5.41) is 3.13. The Balaban J connectivity index is 1.73. The molecule has 2 aromatic carbocycles. The van der Waals surface area contributed by atoms with Gasteiger partial charge in [0, 0.05) is 12.6 Å². The molecule has 0 bridgehead atoms. The van der Waals surface area contributed by atoms with Gasteiger partial charge in [-0.2, -0.15) is 0 Å². The third-order valence-corrected chi connectivity index (χ3v) is 7.06. The molecule has 2 amide bonds. The van der Waals surface area contributed by atoms with Crippen molar-refractivity contribution in [2.75, 3.05) is 6.61 Å². The molecule has 1 atom stereocenters. The number of hydrogen-bond donors (Lipinski definition) is 1. The van der Waals surface area contributed by atoms with E-state index in [0.717, 1.165) is 41.3 Å². The van der Waals surface area contributed by atoms with Crippen molar-refractivity contribution in [3.05, 3.63) is 63.6 Å². The summed E-state index contributed by atoms with van der Waals surface area (Å²) in [6, 6.07) is 13.5. The molecule has 0 aliphatic heterocycles. The van der Waals surface area contributed by atoms with Crippen LogP contribution in [0.25, 0.3) is 0 Å². The number of nitrogens with one attached hydrogen (secondary N) is 1. The number of nitrogens with zero attached hydrogens (tertiary/aromatic N) is 1. The Kier molecular flexibility index (Phi) is 8.95. The summed E-state index contributed by atoms with van der Waals surface area (Å²) < 4.78 is 6.69. The standard InChI is InChI=1S/C27H35BrN2O3/c1-18(2)21-13-14-25(24(28)15-21)33-17-26(31)30(16-22-10-6-5-9-19(22)3)20(4)27(32)29-23-11-7-8-12-23/h5-6,9-10,13-15,18,20,23H,7-8,11-12,16-17H2,1-4H3,(H,29,32)/t20-/m0/s1. The van der Waals surface area contributed by atoms with Gasteiger partial charge in [-0.15, -0.1) is 0 Å². The van der Waals surface area contributed by atoms with E-state index >= 15 is 0 Å². The van der Waals surface area contributed by atoms with E-state index in [1.165, 1.54) is 5.56 Å². The smallest absolute Gasteiger partial charge is 0.261 e. The molecule has 178 valence electrons. The predicted octanol–water partition coefficient (Wildman–Crippen LogP) is 5.74. The second-order valence-electron chi connectivity index (χ2n) is 9.25. The molecule has 0 spiro atoms. The summed E-state index contributed by atoms with van der Waals surface area (Å²) >= 11 is 3.55. The number of hydrogen-bond acceptors (Lipinski definition) is 3. The number of halogens is 1. The van der Waals surface area contributed by atoms with Crippen LogP contribution in [-0.2, 0) is 16.1 Å². The van der Waals surface area contributed by atoms with Crippen molar-refractivity contribution in [1.29, 1.82) is 0 Å². The van der Waals surface area contributed by atoms with Gasteiger partial charge in [-0.05, 0) is 77.4 Å². The number of aryl methyl sites for hydroxylation is 1. The molecule has 2 aromatic rings. The van der Waals surface area contributed by atoms with E-state index in [0.29, 0.717) is 18.2 Å². The summed E-state index contributed by atoms with van der Waals surface area (Å²) in [6.07, 6.45) is 4.30. The van der Waals surface area contributed by atoms with Crippen LogP contribution >= 0.6 is 15.9 Å². The molecule has 1 aliphatic rings. The van der Waals surface area contributed by atoms with Crippen LogP contribution in [0.1, 0.15) is 69.1 Å². The molecular weight excluding hydrogens is 480 g/mol. The van der Waals surface area contributed by atoms with E-state index in [1.807, 2.05) is 49.4 Å². The lowest BCUT2D eigenvalue weighted by atomic mass is 10.0. The van der Waals surface area contributed by atoms with Crippen LogP contribution in [0.2, 0.25) is 0 Å². The van der Waals surface area contributed by atoms with E-state index in [4.69, 9.17) is 4.74 Å². The molecular formula is C27H35BrN2O3. The van der Waals surface area contributed by atoms with Crippen LogP contribution in [-0.4, -0.2) is 35.4 Å². The van der Waals surface area contributed by atoms with Gasteiger partial charge in [0.15, 0.2) is 6.61 Å². The number of benzene rings is 2. The summed E-state index contributed by atoms with van der Waals surface area (Å²) in [7, 11) is 0. The molecule has 6 heteroatoms. The Morgan fingerprint density at radius 3 is 2.45 bits per heavy atom. The molecule has 1 aliphatic carbocycles. The zero-order valence-corrected chi connectivity index (χ0v) is 21.7. The molecule has 1 N–H and O–H groups in total. The average Bonchev–Trinajstić information content (AvgIpc) is 3.30. The first-order chi connectivity index (χ1) is 15.8. The first kappa shape index (κ1) is 25.3. The van der Waals surface area contributed by atoms with Crippen molar-refractivity contribution < 1.29 is 14.3 Å². The molecule has 3 rings (SSSR count). The third kappa shape index (κ3) is 6.83. The Hall–Kier alpha value is -2.34. The van der Waals surface area contributed by atoms with Crippen molar-refractivity contribution in [2.24, 2.45) is 0 Å². The van der Waals surface area contributed by atoms with Gasteiger partial charge < -0.3 is 15.0 Å². The predicted molar refractivity (Wildman–Crippen MR) is 135 cm³/mol. The Labute approximate surface area is 206 Å². The van der Waals surface area contributed by atoms with Crippen molar-refractivity contribution in [3.63, 3.8) is 0 Å². The SMILES string of the molecule is Cc1ccccc1CN(C(=O)COc1ccc(C(C)C)cc1Br)[C@@H](C)C(=O)NC1CCCC1. The Bertz CT molecular complexity index is 970. The molecule has 1 saturated carbocycles. The zero-order valence-electron chi connectivity index (χ0n) is 20.1. The lowest BCUT2D eigenvalue weighted by Crippen LogP contribution is -2.50. The maximum absolute atomic E-state index is 13.3. The quantitative estimate of drug-likeness (QED) is 0.464. The van der Waals surface area contributed by atoms with Crippen LogP contribution in [0.4, 0.5) is 0 Å². The van der Waals surface area contributed by atoms with Gasteiger partial charge in [-0.1, -0.05) is 57.0 Å². The van der Waals surface area contributed by atoms with E-state index in [9.17, 15) is 9.59 Å². The number of amides is 2. The molecule has 0 radical (unpaired) electrons. The van der Waals surface area contributed by atoms with Crippen LogP contribution in [0, 0.1) is 6.92 Å². The van der Waals surface area contributed by atoms with Crippen LogP contribution < -0.4 is 10.1 Å². The molecule has 0 unspecified atom stereocenters. The molecule has 0 aromatic heterocycles. The van der Waals surface area contributed by atoms with Gasteiger partial charge in [0.1, 0.15) is 11.8 Å². The number of carbonyl (C=O) groups excluding carboxylic acids is 2. The Morgan fingerprint density at radius 2 is 1.82 bits per heavy atom. The maximum atomic E-state index is 13.3. The van der Waals surface area contributed by atoms with Gasteiger partial charge in [0.2, 0.25) is 5.91 Å². The maximum Gasteiger partial charge on any atom is 0.261 e. The highest BCUT2D eigenvalue weighted by molar-refractivity contribution is 9.10. The lowest BCUT2D eigenvalue weighted by molar-refractivity contribution is -0.142. The van der Waals surface area contributed by atoms with Crippen molar-refractivity contribution in [2.45, 2.75) is 77.9 Å². The van der Waals surface area contributed by atoms with Crippen LogP contribution in [0.5, 0.6) is 5.75 Å². The minimum atomic E-state index is -0.590. The summed E-state index contributed by atoms with van der Waals surface area (Å²) in [5.41, 5.74) is 3.31. The second kappa shape index (κ2) is 11.7. The highest BCUT2D eigenvalue weighted by Gasteiger charge is 2.29. The minimum absolute atomic E-state index is 0.105. The normalized spacial score (nSPS) is 14.8. The molecule has 0 saturated heterocycles. The Morgan fingerprint density at radius 1 is 1.12 bits per heavy atom. The van der Waals surface area contributed by atoms with Crippen LogP contribution in [0.15, 0.2) is 46.9 Å². The number of rotatable bonds is 9. The van der Waals surface area contributed by atoms with Gasteiger partial charge in [-0.25, -0.2) is 0 Å². The van der Waals surface area contributed by atoms with Crippen molar-refractivity contribution in [1.82, 2.24) is 10.2 Å².